The fraction of sp³-hybridized carbons (Fsp3) is 0.654. The molecular weight excluding hydrogens is 503 g/mol. The van der Waals surface area contributed by atoms with Crippen molar-refractivity contribution in [1.82, 2.24) is 14.8 Å². The Morgan fingerprint density at radius 2 is 1.71 bits per heavy atom. The fourth-order valence-corrected chi connectivity index (χ4v) is 5.36. The maximum absolute atomic E-state index is 13.3. The van der Waals surface area contributed by atoms with Gasteiger partial charge in [0.05, 0.1) is 0 Å². The van der Waals surface area contributed by atoms with Crippen molar-refractivity contribution in [3.8, 4) is 0 Å². The van der Waals surface area contributed by atoms with E-state index < -0.39 is 17.7 Å². The van der Waals surface area contributed by atoms with Gasteiger partial charge in [-0.05, 0) is 56.6 Å². The van der Waals surface area contributed by atoms with Gasteiger partial charge in [-0.15, -0.1) is 0 Å². The number of pyridine rings is 1. The quantitative estimate of drug-likeness (QED) is 0.618. The van der Waals surface area contributed by atoms with Crippen molar-refractivity contribution in [2.24, 2.45) is 16.8 Å². The molecule has 0 atom stereocenters. The number of carboxylic acid groups (broad SMARTS) is 1. The molecule has 1 spiro atoms. The number of amides is 2. The molecule has 2 aliphatic carbocycles. The minimum absolute atomic E-state index is 0.0255. The lowest BCUT2D eigenvalue weighted by Gasteiger charge is -2.39. The van der Waals surface area contributed by atoms with Crippen LogP contribution < -0.4 is 4.90 Å². The normalized spacial score (nSPS) is 25.7. The summed E-state index contributed by atoms with van der Waals surface area (Å²) in [5, 5.41) is 7.12. The molecule has 1 saturated heterocycles. The second-order valence-corrected chi connectivity index (χ2v) is 10.3. The Morgan fingerprint density at radius 1 is 1.08 bits per heavy atom. The first-order valence-electron chi connectivity index (χ1n) is 13.2. The SMILES string of the molecule is CCC1=NC2(CCC(C(=O)N3CCN(c4ccccn4)CC3)CC2)C(=O)N1CC1CC1.O=C(O)C(F)(F)F. The average Bonchev–Trinajstić information content (AvgIpc) is 3.71. The van der Waals surface area contributed by atoms with Crippen LogP contribution in [0.2, 0.25) is 0 Å². The summed E-state index contributed by atoms with van der Waals surface area (Å²) >= 11 is 0. The van der Waals surface area contributed by atoms with Gasteiger partial charge in [0.1, 0.15) is 17.2 Å². The number of hydrogen-bond donors (Lipinski definition) is 1. The number of amidine groups is 1. The van der Waals surface area contributed by atoms with Crippen molar-refractivity contribution < 1.29 is 32.7 Å². The highest BCUT2D eigenvalue weighted by Crippen LogP contribution is 2.42. The maximum atomic E-state index is 13.3. The lowest BCUT2D eigenvalue weighted by Crippen LogP contribution is -2.52. The Bertz CT molecular complexity index is 1040. The summed E-state index contributed by atoms with van der Waals surface area (Å²) in [4.78, 5) is 50.9. The van der Waals surface area contributed by atoms with Crippen LogP contribution in [-0.2, 0) is 14.4 Å². The summed E-state index contributed by atoms with van der Waals surface area (Å²) in [7, 11) is 0. The molecule has 3 fully saturated rings. The highest BCUT2D eigenvalue weighted by molar-refractivity contribution is 6.08. The van der Waals surface area contributed by atoms with E-state index in [0.29, 0.717) is 18.8 Å². The molecule has 9 nitrogen and oxygen atoms in total. The predicted molar refractivity (Wildman–Crippen MR) is 134 cm³/mol. The average molecular weight is 538 g/mol. The summed E-state index contributed by atoms with van der Waals surface area (Å²) in [6.45, 7) is 6.05. The Labute approximate surface area is 219 Å². The molecule has 1 N–H and O–H groups in total. The zero-order valence-electron chi connectivity index (χ0n) is 21.5. The largest absolute Gasteiger partial charge is 0.490 e. The van der Waals surface area contributed by atoms with Gasteiger partial charge in [-0.2, -0.15) is 13.2 Å². The van der Waals surface area contributed by atoms with Gasteiger partial charge in [0.15, 0.2) is 0 Å². The van der Waals surface area contributed by atoms with Crippen LogP contribution in [-0.4, -0.2) is 87.9 Å². The fourth-order valence-electron chi connectivity index (χ4n) is 5.36. The molecule has 0 radical (unpaired) electrons. The van der Waals surface area contributed by atoms with E-state index in [2.05, 4.69) is 16.8 Å². The number of rotatable bonds is 5. The smallest absolute Gasteiger partial charge is 0.475 e. The molecule has 0 aromatic carbocycles. The molecular formula is C26H34F3N5O4. The highest BCUT2D eigenvalue weighted by Gasteiger charge is 2.51. The van der Waals surface area contributed by atoms with E-state index in [1.54, 1.807) is 0 Å². The first kappa shape index (κ1) is 27.8. The first-order chi connectivity index (χ1) is 18.0. The van der Waals surface area contributed by atoms with Gasteiger partial charge in [-0.25, -0.2) is 9.78 Å². The van der Waals surface area contributed by atoms with Crippen LogP contribution >= 0.6 is 0 Å². The lowest BCUT2D eigenvalue weighted by atomic mass is 9.76. The molecule has 5 rings (SSSR count). The van der Waals surface area contributed by atoms with E-state index in [4.69, 9.17) is 14.9 Å². The van der Waals surface area contributed by atoms with Crippen molar-refractivity contribution >= 4 is 29.4 Å². The molecule has 2 amide bonds. The topological polar surface area (TPSA) is 106 Å². The standard InChI is InChI=1S/C24H33N5O2.C2HF3O2/c1-2-20-26-24(23(31)29(20)17-18-6-7-18)10-8-19(9-11-24)22(30)28-15-13-27(14-16-28)21-5-3-4-12-25-21;3-2(4,5)1(6)7/h3-5,12,18-19H,2,6-11,13-17H2,1H3;(H,6,7). The van der Waals surface area contributed by atoms with Gasteiger partial charge in [0.2, 0.25) is 5.91 Å². The number of carboxylic acids is 1. The van der Waals surface area contributed by atoms with Crippen LogP contribution in [0.4, 0.5) is 19.0 Å². The predicted octanol–water partition coefficient (Wildman–Crippen LogP) is 3.35. The van der Waals surface area contributed by atoms with Gasteiger partial charge in [-0.1, -0.05) is 13.0 Å². The third-order valence-electron chi connectivity index (χ3n) is 7.72. The van der Waals surface area contributed by atoms with E-state index in [1.807, 2.05) is 34.2 Å². The van der Waals surface area contributed by atoms with Gasteiger partial charge in [0.25, 0.3) is 5.91 Å². The van der Waals surface area contributed by atoms with Gasteiger partial charge in [-0.3, -0.25) is 19.5 Å². The Balaban J connectivity index is 0.000000426. The summed E-state index contributed by atoms with van der Waals surface area (Å²) in [5.41, 5.74) is -0.589. The molecule has 0 bridgehead atoms. The van der Waals surface area contributed by atoms with Crippen molar-refractivity contribution in [1.29, 1.82) is 0 Å². The summed E-state index contributed by atoms with van der Waals surface area (Å²) in [6.07, 6.45) is 2.96. The molecule has 1 aromatic heterocycles. The monoisotopic (exact) mass is 537 g/mol. The van der Waals surface area contributed by atoms with Crippen molar-refractivity contribution in [3.05, 3.63) is 24.4 Å². The number of anilines is 1. The third kappa shape index (κ3) is 6.27. The van der Waals surface area contributed by atoms with Gasteiger partial charge < -0.3 is 14.9 Å². The number of piperazine rings is 1. The molecule has 3 heterocycles. The molecule has 2 aliphatic heterocycles. The van der Waals surface area contributed by atoms with E-state index in [-0.39, 0.29) is 17.7 Å². The molecule has 2 saturated carbocycles. The van der Waals surface area contributed by atoms with Crippen LogP contribution in [0.15, 0.2) is 29.4 Å². The molecule has 38 heavy (non-hydrogen) atoms. The Hall–Kier alpha value is -3.18. The molecule has 12 heteroatoms. The van der Waals surface area contributed by atoms with Crippen molar-refractivity contribution in [3.63, 3.8) is 0 Å². The van der Waals surface area contributed by atoms with Gasteiger partial charge >= 0.3 is 12.1 Å². The number of hydrogen-bond acceptors (Lipinski definition) is 6. The number of aliphatic carboxylic acids is 1. The highest BCUT2D eigenvalue weighted by atomic mass is 19.4. The molecule has 208 valence electrons. The molecule has 0 unspecified atom stereocenters. The third-order valence-corrected chi connectivity index (χ3v) is 7.72. The van der Waals surface area contributed by atoms with E-state index in [0.717, 1.165) is 63.6 Å². The van der Waals surface area contributed by atoms with Crippen LogP contribution in [0.1, 0.15) is 51.9 Å². The number of carbonyl (C=O) groups is 3. The van der Waals surface area contributed by atoms with Crippen LogP contribution in [0, 0.1) is 11.8 Å². The van der Waals surface area contributed by atoms with Crippen LogP contribution in [0.5, 0.6) is 0 Å². The second-order valence-electron chi connectivity index (χ2n) is 10.3. The number of aromatic nitrogens is 1. The maximum Gasteiger partial charge on any atom is 0.490 e. The zero-order valence-corrected chi connectivity index (χ0v) is 21.5. The van der Waals surface area contributed by atoms with Crippen LogP contribution in [0.3, 0.4) is 0 Å². The first-order valence-corrected chi connectivity index (χ1v) is 13.2. The van der Waals surface area contributed by atoms with Crippen LogP contribution in [0.25, 0.3) is 0 Å². The van der Waals surface area contributed by atoms with Crippen molar-refractivity contribution in [2.45, 2.75) is 63.6 Å². The minimum atomic E-state index is -5.08. The number of nitrogens with zero attached hydrogens (tertiary/aromatic N) is 5. The van der Waals surface area contributed by atoms with Gasteiger partial charge in [0, 0.05) is 51.3 Å². The number of carbonyl (C=O) groups excluding carboxylic acids is 2. The lowest BCUT2D eigenvalue weighted by molar-refractivity contribution is -0.192. The Morgan fingerprint density at radius 3 is 2.21 bits per heavy atom. The van der Waals surface area contributed by atoms with E-state index in [9.17, 15) is 22.8 Å². The van der Waals surface area contributed by atoms with E-state index >= 15 is 0 Å². The summed E-state index contributed by atoms with van der Waals surface area (Å²) in [5.74, 6) is 0.340. The Kier molecular flexibility index (Phi) is 8.27. The summed E-state index contributed by atoms with van der Waals surface area (Å²) < 4.78 is 31.7. The van der Waals surface area contributed by atoms with E-state index in [1.165, 1.54) is 12.8 Å². The second kappa shape index (κ2) is 11.3. The van der Waals surface area contributed by atoms with Crippen molar-refractivity contribution in [2.75, 3.05) is 37.6 Å². The number of aliphatic imine (C=N–C) groups is 1. The molecule has 4 aliphatic rings. The minimum Gasteiger partial charge on any atom is -0.475 e. The number of halogens is 3. The zero-order chi connectivity index (χ0) is 27.5. The number of alkyl halides is 3. The summed E-state index contributed by atoms with van der Waals surface area (Å²) in [6, 6.07) is 5.95. The molecule has 1 aromatic rings.